The number of halogens is 1. The van der Waals surface area contributed by atoms with Crippen molar-refractivity contribution >= 4 is 40.4 Å². The fourth-order valence-electron chi connectivity index (χ4n) is 1.62. The van der Waals surface area contributed by atoms with E-state index in [2.05, 4.69) is 10.6 Å². The van der Waals surface area contributed by atoms with Gasteiger partial charge in [-0.15, -0.1) is 0 Å². The van der Waals surface area contributed by atoms with E-state index < -0.39 is 0 Å². The topological polar surface area (TPSA) is 41.1 Å². The van der Waals surface area contributed by atoms with Gasteiger partial charge in [0.05, 0.1) is 6.54 Å². The Kier molecular flexibility index (Phi) is 5.09. The maximum absolute atomic E-state index is 11.9. The van der Waals surface area contributed by atoms with Gasteiger partial charge in [-0.3, -0.25) is 4.79 Å². The molecule has 20 heavy (non-hydrogen) atoms. The molecule has 2 rings (SSSR count). The van der Waals surface area contributed by atoms with Crippen molar-refractivity contribution in [2.45, 2.75) is 0 Å². The minimum atomic E-state index is -0.0651. The Labute approximate surface area is 128 Å². The summed E-state index contributed by atoms with van der Waals surface area (Å²) in [5, 5.41) is 6.83. The van der Waals surface area contributed by atoms with Crippen molar-refractivity contribution in [2.24, 2.45) is 0 Å². The molecule has 0 radical (unpaired) electrons. The van der Waals surface area contributed by atoms with Gasteiger partial charge >= 0.3 is 0 Å². The molecule has 102 valence electrons. The third kappa shape index (κ3) is 4.33. The molecule has 0 heterocycles. The van der Waals surface area contributed by atoms with Gasteiger partial charge in [-0.2, -0.15) is 0 Å². The molecule has 0 fully saturated rings. The van der Waals surface area contributed by atoms with Crippen LogP contribution in [0.5, 0.6) is 0 Å². The predicted octanol–water partition coefficient (Wildman–Crippen LogP) is 3.51. The molecule has 0 saturated heterocycles. The fourth-order valence-corrected chi connectivity index (χ4v) is 2.00. The Morgan fingerprint density at radius 3 is 2.55 bits per heavy atom. The number of hydrogen-bond acceptors (Lipinski definition) is 2. The number of para-hydroxylation sites is 1. The number of benzene rings is 2. The third-order valence-electron chi connectivity index (χ3n) is 2.59. The minimum absolute atomic E-state index is 0.0651. The van der Waals surface area contributed by atoms with Crippen LogP contribution in [-0.2, 0) is 0 Å². The van der Waals surface area contributed by atoms with Gasteiger partial charge < -0.3 is 10.6 Å². The highest BCUT2D eigenvalue weighted by Crippen LogP contribution is 2.11. The molecule has 0 atom stereocenters. The summed E-state index contributed by atoms with van der Waals surface area (Å²) in [5.41, 5.74) is 1.44. The second-order valence-corrected chi connectivity index (χ2v) is 4.95. The van der Waals surface area contributed by atoms with Crippen molar-refractivity contribution in [1.29, 1.82) is 0 Å². The molecule has 0 spiro atoms. The molecule has 0 unspecified atom stereocenters. The lowest BCUT2D eigenvalue weighted by Gasteiger charge is -2.09. The van der Waals surface area contributed by atoms with Crippen LogP contribution in [0.15, 0.2) is 54.6 Å². The number of Topliss-reactive ketones (excluding diaryl/α,β-unsaturated/α-hetero) is 1. The number of nitrogens with one attached hydrogen (secondary N) is 2. The first-order chi connectivity index (χ1) is 9.65. The minimum Gasteiger partial charge on any atom is -0.355 e. The van der Waals surface area contributed by atoms with Gasteiger partial charge in [-0.05, 0) is 36.5 Å². The van der Waals surface area contributed by atoms with Crippen LogP contribution >= 0.6 is 23.8 Å². The maximum atomic E-state index is 11.9. The predicted molar refractivity (Wildman–Crippen MR) is 86.4 cm³/mol. The van der Waals surface area contributed by atoms with E-state index in [4.69, 9.17) is 23.8 Å². The van der Waals surface area contributed by atoms with Crippen LogP contribution in [-0.4, -0.2) is 17.4 Å². The standard InChI is InChI=1S/C15H13ClN2OS/c16-12-6-4-5-11(9-12)14(19)10-17-15(20)18-13-7-2-1-3-8-13/h1-9H,10H2,(H2,17,18,20). The molecule has 0 bridgehead atoms. The molecular weight excluding hydrogens is 292 g/mol. The van der Waals surface area contributed by atoms with E-state index in [9.17, 15) is 4.79 Å². The lowest BCUT2D eigenvalue weighted by molar-refractivity contribution is 0.0996. The Morgan fingerprint density at radius 2 is 1.85 bits per heavy atom. The highest BCUT2D eigenvalue weighted by Gasteiger charge is 2.06. The van der Waals surface area contributed by atoms with E-state index >= 15 is 0 Å². The maximum Gasteiger partial charge on any atom is 0.181 e. The monoisotopic (exact) mass is 304 g/mol. The molecule has 0 aliphatic heterocycles. The van der Waals surface area contributed by atoms with Crippen LogP contribution in [0.2, 0.25) is 5.02 Å². The Morgan fingerprint density at radius 1 is 1.10 bits per heavy atom. The number of carbonyl (C=O) groups is 1. The summed E-state index contributed by atoms with van der Waals surface area (Å²) < 4.78 is 0. The molecule has 0 aliphatic rings. The summed E-state index contributed by atoms with van der Waals surface area (Å²) in [6.45, 7) is 0.124. The molecule has 2 N–H and O–H groups in total. The van der Waals surface area contributed by atoms with E-state index in [0.29, 0.717) is 15.7 Å². The average Bonchev–Trinajstić information content (AvgIpc) is 2.46. The van der Waals surface area contributed by atoms with Crippen molar-refractivity contribution in [3.63, 3.8) is 0 Å². The van der Waals surface area contributed by atoms with Crippen molar-refractivity contribution < 1.29 is 4.79 Å². The number of hydrogen-bond donors (Lipinski definition) is 2. The highest BCUT2D eigenvalue weighted by molar-refractivity contribution is 7.80. The fraction of sp³-hybridized carbons (Fsp3) is 0.0667. The summed E-state index contributed by atoms with van der Waals surface area (Å²) >= 11 is 11.0. The quantitative estimate of drug-likeness (QED) is 0.670. The molecule has 2 aromatic rings. The van der Waals surface area contributed by atoms with Crippen molar-refractivity contribution in [3.8, 4) is 0 Å². The molecule has 0 aromatic heterocycles. The molecule has 0 amide bonds. The zero-order chi connectivity index (χ0) is 14.4. The largest absolute Gasteiger partial charge is 0.355 e. The number of rotatable bonds is 4. The molecular formula is C15H13ClN2OS. The molecule has 0 aliphatic carbocycles. The smallest absolute Gasteiger partial charge is 0.181 e. The van der Waals surface area contributed by atoms with Crippen molar-refractivity contribution in [2.75, 3.05) is 11.9 Å². The summed E-state index contributed by atoms with van der Waals surface area (Å²) in [7, 11) is 0. The number of ketones is 1. The first kappa shape index (κ1) is 14.5. The Bertz CT molecular complexity index is 616. The van der Waals surface area contributed by atoms with Crippen LogP contribution in [0.4, 0.5) is 5.69 Å². The Balaban J connectivity index is 1.86. The van der Waals surface area contributed by atoms with Gasteiger partial charge in [0.2, 0.25) is 0 Å². The van der Waals surface area contributed by atoms with E-state index in [1.807, 2.05) is 30.3 Å². The van der Waals surface area contributed by atoms with Crippen LogP contribution in [0.3, 0.4) is 0 Å². The van der Waals surface area contributed by atoms with Crippen LogP contribution in [0.1, 0.15) is 10.4 Å². The lowest BCUT2D eigenvalue weighted by atomic mass is 10.1. The summed E-state index contributed by atoms with van der Waals surface area (Å²) in [6.07, 6.45) is 0. The number of carbonyl (C=O) groups excluding carboxylic acids is 1. The van der Waals surface area contributed by atoms with Crippen molar-refractivity contribution in [3.05, 3.63) is 65.2 Å². The van der Waals surface area contributed by atoms with E-state index in [0.717, 1.165) is 5.69 Å². The van der Waals surface area contributed by atoms with Gasteiger partial charge in [0.15, 0.2) is 10.9 Å². The second-order valence-electron chi connectivity index (χ2n) is 4.11. The molecule has 0 saturated carbocycles. The zero-order valence-electron chi connectivity index (χ0n) is 10.6. The number of anilines is 1. The normalized spacial score (nSPS) is 9.85. The average molecular weight is 305 g/mol. The number of thiocarbonyl (C=S) groups is 1. The molecule has 3 nitrogen and oxygen atoms in total. The van der Waals surface area contributed by atoms with Crippen molar-refractivity contribution in [1.82, 2.24) is 5.32 Å². The first-order valence-electron chi connectivity index (χ1n) is 6.04. The van der Waals surface area contributed by atoms with Gasteiger partial charge in [-0.25, -0.2) is 0 Å². The Hall–Kier alpha value is -1.91. The van der Waals surface area contributed by atoms with E-state index in [-0.39, 0.29) is 12.3 Å². The van der Waals surface area contributed by atoms with Crippen LogP contribution in [0, 0.1) is 0 Å². The van der Waals surface area contributed by atoms with Gasteiger partial charge in [0.1, 0.15) is 0 Å². The lowest BCUT2D eigenvalue weighted by Crippen LogP contribution is -2.33. The first-order valence-corrected chi connectivity index (χ1v) is 6.82. The van der Waals surface area contributed by atoms with Crippen LogP contribution in [0.25, 0.3) is 0 Å². The van der Waals surface area contributed by atoms with Gasteiger partial charge in [-0.1, -0.05) is 41.9 Å². The van der Waals surface area contributed by atoms with Gasteiger partial charge in [0, 0.05) is 16.3 Å². The van der Waals surface area contributed by atoms with E-state index in [1.54, 1.807) is 24.3 Å². The van der Waals surface area contributed by atoms with E-state index in [1.165, 1.54) is 0 Å². The molecule has 5 heteroatoms. The van der Waals surface area contributed by atoms with Gasteiger partial charge in [0.25, 0.3) is 0 Å². The second kappa shape index (κ2) is 7.03. The summed E-state index contributed by atoms with van der Waals surface area (Å²) in [5.74, 6) is -0.0651. The summed E-state index contributed by atoms with van der Waals surface area (Å²) in [6, 6.07) is 16.4. The molecule has 2 aromatic carbocycles. The SMILES string of the molecule is O=C(CNC(=S)Nc1ccccc1)c1cccc(Cl)c1. The van der Waals surface area contributed by atoms with Crippen LogP contribution < -0.4 is 10.6 Å². The highest BCUT2D eigenvalue weighted by atomic mass is 35.5. The summed E-state index contributed by atoms with van der Waals surface area (Å²) in [4.78, 5) is 11.9. The third-order valence-corrected chi connectivity index (χ3v) is 3.07. The zero-order valence-corrected chi connectivity index (χ0v) is 12.2.